The number of aryl methyl sites for hydroxylation is 1. The lowest BCUT2D eigenvalue weighted by molar-refractivity contribution is -0.143. The van der Waals surface area contributed by atoms with Crippen molar-refractivity contribution in [1.29, 1.82) is 0 Å². The third-order valence-electron chi connectivity index (χ3n) is 8.36. The van der Waals surface area contributed by atoms with Gasteiger partial charge in [0, 0.05) is 11.6 Å². The van der Waals surface area contributed by atoms with Crippen LogP contribution >= 0.6 is 0 Å². The van der Waals surface area contributed by atoms with Crippen LogP contribution in [0.3, 0.4) is 0 Å². The van der Waals surface area contributed by atoms with Crippen molar-refractivity contribution in [3.05, 3.63) is 82.9 Å². The van der Waals surface area contributed by atoms with E-state index in [0.29, 0.717) is 28.5 Å². The van der Waals surface area contributed by atoms with Crippen LogP contribution in [0.1, 0.15) is 102 Å². The van der Waals surface area contributed by atoms with Crippen molar-refractivity contribution in [3.63, 3.8) is 0 Å². The molecule has 0 radical (unpaired) electrons. The van der Waals surface area contributed by atoms with Gasteiger partial charge in [0.1, 0.15) is 35.2 Å². The number of hydrogen-bond acceptors (Lipinski definition) is 8. The van der Waals surface area contributed by atoms with Crippen LogP contribution in [0.2, 0.25) is 0 Å². The Labute approximate surface area is 301 Å². The predicted molar refractivity (Wildman–Crippen MR) is 197 cm³/mol. The number of methoxy groups -OCH3 is 1. The molecule has 1 atom stereocenters. The Morgan fingerprint density at radius 3 is 2.08 bits per heavy atom. The van der Waals surface area contributed by atoms with Gasteiger partial charge in [-0.2, -0.15) is 0 Å². The van der Waals surface area contributed by atoms with Gasteiger partial charge < -0.3 is 29.2 Å². The number of fused-ring (bicyclic) bond motifs is 1. The zero-order valence-electron chi connectivity index (χ0n) is 31.6. The molecule has 0 aromatic heterocycles. The van der Waals surface area contributed by atoms with E-state index in [1.54, 1.807) is 52.1 Å². The van der Waals surface area contributed by atoms with E-state index in [2.05, 4.69) is 5.32 Å². The minimum absolute atomic E-state index is 0.0667. The molecule has 2 amide bonds. The van der Waals surface area contributed by atoms with E-state index >= 15 is 0 Å². The number of ketones is 1. The molecule has 1 N–H and O–H groups in total. The van der Waals surface area contributed by atoms with Crippen LogP contribution in [0.5, 0.6) is 17.2 Å². The first-order chi connectivity index (χ1) is 23.7. The normalized spacial score (nSPS) is 14.5. The number of carbonyl (C=O) groups is 4. The summed E-state index contributed by atoms with van der Waals surface area (Å²) in [7, 11) is 1.57. The lowest BCUT2D eigenvalue weighted by Gasteiger charge is -2.31. The summed E-state index contributed by atoms with van der Waals surface area (Å²) in [4.78, 5) is 53.0. The minimum atomic E-state index is -0.723. The van der Waals surface area contributed by atoms with Gasteiger partial charge in [0.15, 0.2) is 0 Å². The summed E-state index contributed by atoms with van der Waals surface area (Å²) in [6.07, 6.45) is 1.74. The van der Waals surface area contributed by atoms with Crippen LogP contribution in [0.15, 0.2) is 60.7 Å². The monoisotopic (exact) mass is 700 g/mol. The summed E-state index contributed by atoms with van der Waals surface area (Å²) in [5.41, 5.74) is 2.27. The second kappa shape index (κ2) is 15.6. The summed E-state index contributed by atoms with van der Waals surface area (Å²) in [5.74, 6) is 0.909. The number of nitrogens with one attached hydrogen (secondary N) is 1. The molecule has 0 unspecified atom stereocenters. The van der Waals surface area contributed by atoms with Crippen molar-refractivity contribution in [3.8, 4) is 17.2 Å². The van der Waals surface area contributed by atoms with Gasteiger partial charge in [0.2, 0.25) is 0 Å². The van der Waals surface area contributed by atoms with Crippen molar-refractivity contribution in [2.45, 2.75) is 98.6 Å². The van der Waals surface area contributed by atoms with E-state index in [1.165, 1.54) is 11.8 Å². The molecule has 1 aliphatic rings. The first-order valence-corrected chi connectivity index (χ1v) is 17.3. The first kappa shape index (κ1) is 38.9. The number of rotatable bonds is 11. The van der Waals surface area contributed by atoms with Crippen LogP contribution in [0.25, 0.3) is 0 Å². The molecule has 0 aliphatic heterocycles. The minimum Gasteiger partial charge on any atom is -0.497 e. The van der Waals surface area contributed by atoms with Crippen molar-refractivity contribution in [1.82, 2.24) is 5.32 Å². The second-order valence-corrected chi connectivity index (χ2v) is 15.9. The molecule has 0 heterocycles. The maximum absolute atomic E-state index is 14.2. The molecule has 1 aliphatic carbocycles. The summed E-state index contributed by atoms with van der Waals surface area (Å²) in [6.45, 7) is 16.0. The largest absolute Gasteiger partial charge is 0.497 e. The quantitative estimate of drug-likeness (QED) is 0.159. The van der Waals surface area contributed by atoms with Crippen LogP contribution in [-0.2, 0) is 27.2 Å². The molecule has 4 rings (SSSR count). The Morgan fingerprint density at radius 2 is 1.47 bits per heavy atom. The van der Waals surface area contributed by atoms with E-state index in [4.69, 9.17) is 18.9 Å². The zero-order chi connectivity index (χ0) is 37.7. The molecule has 0 saturated heterocycles. The number of benzene rings is 3. The van der Waals surface area contributed by atoms with Crippen molar-refractivity contribution in [2.75, 3.05) is 25.2 Å². The summed E-state index contributed by atoms with van der Waals surface area (Å²) < 4.78 is 22.5. The van der Waals surface area contributed by atoms with Crippen molar-refractivity contribution < 1.29 is 38.1 Å². The van der Waals surface area contributed by atoms with Crippen LogP contribution in [0, 0.1) is 5.41 Å². The molecule has 0 spiro atoms. The van der Waals surface area contributed by atoms with Crippen molar-refractivity contribution >= 4 is 29.4 Å². The Hall–Kier alpha value is -4.86. The van der Waals surface area contributed by atoms with Gasteiger partial charge in [-0.05, 0) is 147 Å². The highest BCUT2D eigenvalue weighted by Gasteiger charge is 2.30. The van der Waals surface area contributed by atoms with Gasteiger partial charge >= 0.3 is 12.1 Å². The van der Waals surface area contributed by atoms with Gasteiger partial charge in [-0.1, -0.05) is 12.1 Å². The molecule has 0 fully saturated rings. The number of amides is 2. The van der Waals surface area contributed by atoms with E-state index in [1.807, 2.05) is 71.0 Å². The number of Topliss-reactive ketones (excluding diaryl/α,β-unsaturated/α-hetero) is 1. The summed E-state index contributed by atoms with van der Waals surface area (Å²) in [5, 5.41) is 2.82. The third kappa shape index (κ3) is 10.8. The van der Waals surface area contributed by atoms with Gasteiger partial charge in [0.05, 0.1) is 30.3 Å². The molecule has 0 bridgehead atoms. The molecule has 10 nitrogen and oxygen atoms in total. The summed E-state index contributed by atoms with van der Waals surface area (Å²) in [6, 6.07) is 18.2. The Kier molecular flexibility index (Phi) is 11.9. The highest BCUT2D eigenvalue weighted by molar-refractivity contribution is 6.09. The Morgan fingerprint density at radius 1 is 0.824 bits per heavy atom. The van der Waals surface area contributed by atoms with E-state index in [0.717, 1.165) is 36.0 Å². The molecule has 3 aromatic carbocycles. The maximum Gasteiger partial charge on any atom is 0.408 e. The number of nitrogens with zero attached hydrogens (tertiary/aromatic N) is 1. The number of alkyl carbamates (subject to hydrolysis) is 1. The molecular weight excluding hydrogens is 648 g/mol. The highest BCUT2D eigenvalue weighted by atomic mass is 16.6. The molecule has 51 heavy (non-hydrogen) atoms. The number of carbonyl (C=O) groups excluding carboxylic acids is 4. The van der Waals surface area contributed by atoms with E-state index in [9.17, 15) is 19.2 Å². The van der Waals surface area contributed by atoms with Gasteiger partial charge in [-0.15, -0.1) is 0 Å². The molecule has 3 aromatic rings. The first-order valence-electron chi connectivity index (χ1n) is 17.3. The highest BCUT2D eigenvalue weighted by Crippen LogP contribution is 2.40. The number of esters is 1. The lowest BCUT2D eigenvalue weighted by atomic mass is 9.79. The van der Waals surface area contributed by atoms with E-state index in [-0.39, 0.29) is 36.7 Å². The Bertz CT molecular complexity index is 1750. The van der Waals surface area contributed by atoms with Gasteiger partial charge in [0.25, 0.3) is 5.91 Å². The Balaban J connectivity index is 1.55. The number of ether oxygens (including phenoxy) is 4. The average Bonchev–Trinajstić information content (AvgIpc) is 3.04. The molecular formula is C41H52N2O8. The molecule has 0 saturated carbocycles. The number of hydrogen-bond donors (Lipinski definition) is 1. The second-order valence-electron chi connectivity index (χ2n) is 15.9. The maximum atomic E-state index is 14.2. The number of anilines is 1. The topological polar surface area (TPSA) is 120 Å². The molecule has 10 heteroatoms. The fourth-order valence-electron chi connectivity index (χ4n) is 5.77. The predicted octanol–water partition coefficient (Wildman–Crippen LogP) is 7.84. The summed E-state index contributed by atoms with van der Waals surface area (Å²) >= 11 is 0. The standard InChI is InChI=1S/C41H52N2O8/c1-26(44)24-43(36(45)27-13-16-31(17-14-27)49-25-41(8,9)42-38(47)51-40(5,6)7)35-23-32(48-10)19-20-34(35)30-12-11-29-22-33(18-15-28(29)21-30)50-37(46)39(2,3)4/h13-20,22-23,30H,11-12,21,24-25H2,1-10H3,(H,42,47)/t30-/m1/s1. The van der Waals surface area contributed by atoms with Crippen LogP contribution < -0.4 is 24.4 Å². The molecule has 274 valence electrons. The van der Waals surface area contributed by atoms with Crippen LogP contribution in [-0.4, -0.2) is 55.2 Å². The fourth-order valence-corrected chi connectivity index (χ4v) is 5.77. The SMILES string of the molecule is COc1ccc([C@@H]2CCc3cc(OC(=O)C(C)(C)C)ccc3C2)c(N(CC(C)=O)C(=O)c2ccc(OCC(C)(C)NC(=O)OC(C)(C)C)cc2)c1. The smallest absolute Gasteiger partial charge is 0.408 e. The third-order valence-corrected chi connectivity index (χ3v) is 8.36. The van der Waals surface area contributed by atoms with Gasteiger partial charge in [-0.25, -0.2) is 4.79 Å². The van der Waals surface area contributed by atoms with E-state index < -0.39 is 22.6 Å². The zero-order valence-corrected chi connectivity index (χ0v) is 31.6. The lowest BCUT2D eigenvalue weighted by Crippen LogP contribution is -2.49. The van der Waals surface area contributed by atoms with Gasteiger partial charge in [-0.3, -0.25) is 14.4 Å². The average molecular weight is 701 g/mol. The van der Waals surface area contributed by atoms with Crippen molar-refractivity contribution in [2.24, 2.45) is 5.41 Å². The fraction of sp³-hybridized carbons (Fsp3) is 0.463. The van der Waals surface area contributed by atoms with Crippen LogP contribution in [0.4, 0.5) is 10.5 Å².